The summed E-state index contributed by atoms with van der Waals surface area (Å²) in [6, 6.07) is 14.8. The second kappa shape index (κ2) is 7.00. The molecule has 6 nitrogen and oxygen atoms in total. The van der Waals surface area contributed by atoms with Gasteiger partial charge in [0.15, 0.2) is 5.69 Å². The van der Waals surface area contributed by atoms with Gasteiger partial charge in [-0.15, -0.1) is 11.3 Å². The minimum Gasteiger partial charge on any atom is -0.324 e. The van der Waals surface area contributed by atoms with Crippen molar-refractivity contribution in [3.8, 4) is 10.6 Å². The molecule has 1 aromatic carbocycles. The molecule has 1 unspecified atom stereocenters. The summed E-state index contributed by atoms with van der Waals surface area (Å²) in [6.07, 6.45) is 0. The Morgan fingerprint density at radius 3 is 2.67 bits per heavy atom. The molecule has 7 heteroatoms. The SMILES string of the molecule is Cc1ccc(-c2cc(C(=O)N3CCN(c4ccccc4)C(=O)C3C)n[nH]2)s1. The number of carbonyl (C=O) groups excluding carboxylic acids is 2. The fourth-order valence-corrected chi connectivity index (χ4v) is 4.13. The van der Waals surface area contributed by atoms with E-state index in [4.69, 9.17) is 0 Å². The van der Waals surface area contributed by atoms with Gasteiger partial charge in [-0.2, -0.15) is 5.10 Å². The lowest BCUT2D eigenvalue weighted by molar-refractivity contribution is -0.124. The standard InChI is InChI=1S/C20H20N4O2S/c1-13-8-9-18(27-13)16-12-17(22-21-16)20(26)23-10-11-24(19(25)14(23)2)15-6-4-3-5-7-15/h3-9,12,14H,10-11H2,1-2H3,(H,21,22). The molecule has 1 fully saturated rings. The lowest BCUT2D eigenvalue weighted by atomic mass is 10.1. The quantitative estimate of drug-likeness (QED) is 0.758. The van der Waals surface area contributed by atoms with Crippen LogP contribution in [0.5, 0.6) is 0 Å². The number of hydrogen-bond acceptors (Lipinski definition) is 4. The van der Waals surface area contributed by atoms with Gasteiger partial charge in [0.25, 0.3) is 5.91 Å². The summed E-state index contributed by atoms with van der Waals surface area (Å²) in [6.45, 7) is 4.75. The van der Waals surface area contributed by atoms with E-state index in [-0.39, 0.29) is 11.8 Å². The van der Waals surface area contributed by atoms with Crippen molar-refractivity contribution >= 4 is 28.8 Å². The van der Waals surface area contributed by atoms with Gasteiger partial charge < -0.3 is 9.80 Å². The number of amides is 2. The van der Waals surface area contributed by atoms with Crippen LogP contribution in [0, 0.1) is 6.92 Å². The van der Waals surface area contributed by atoms with E-state index in [2.05, 4.69) is 10.2 Å². The number of thiophene rings is 1. The Balaban J connectivity index is 1.52. The molecule has 0 saturated carbocycles. The van der Waals surface area contributed by atoms with Gasteiger partial charge in [-0.05, 0) is 44.2 Å². The molecule has 138 valence electrons. The summed E-state index contributed by atoms with van der Waals surface area (Å²) in [5, 5.41) is 7.11. The molecule has 0 spiro atoms. The lowest BCUT2D eigenvalue weighted by Crippen LogP contribution is -2.57. The van der Waals surface area contributed by atoms with Crippen LogP contribution < -0.4 is 4.90 Å². The topological polar surface area (TPSA) is 69.3 Å². The fraction of sp³-hybridized carbons (Fsp3) is 0.250. The molecule has 2 aromatic heterocycles. The van der Waals surface area contributed by atoms with E-state index in [9.17, 15) is 9.59 Å². The van der Waals surface area contributed by atoms with Crippen molar-refractivity contribution in [3.05, 3.63) is 59.1 Å². The van der Waals surface area contributed by atoms with Gasteiger partial charge in [-0.1, -0.05) is 18.2 Å². The number of para-hydroxylation sites is 1. The molecule has 0 bridgehead atoms. The third-order valence-corrected chi connectivity index (χ3v) is 5.82. The van der Waals surface area contributed by atoms with Crippen molar-refractivity contribution in [2.24, 2.45) is 0 Å². The highest BCUT2D eigenvalue weighted by molar-refractivity contribution is 7.15. The summed E-state index contributed by atoms with van der Waals surface area (Å²) < 4.78 is 0. The van der Waals surface area contributed by atoms with Gasteiger partial charge in [-0.3, -0.25) is 14.7 Å². The normalized spacial score (nSPS) is 17.4. The third-order valence-electron chi connectivity index (χ3n) is 4.79. The van der Waals surface area contributed by atoms with Crippen molar-refractivity contribution in [1.29, 1.82) is 0 Å². The van der Waals surface area contributed by atoms with Crippen LogP contribution in [0.15, 0.2) is 48.5 Å². The first kappa shape index (κ1) is 17.5. The Hall–Kier alpha value is -2.93. The van der Waals surface area contributed by atoms with Crippen molar-refractivity contribution < 1.29 is 9.59 Å². The molecule has 3 aromatic rings. The Morgan fingerprint density at radius 1 is 1.19 bits per heavy atom. The van der Waals surface area contributed by atoms with Crippen LogP contribution in [-0.4, -0.2) is 46.0 Å². The van der Waals surface area contributed by atoms with Crippen LogP contribution in [0.4, 0.5) is 5.69 Å². The van der Waals surface area contributed by atoms with Gasteiger partial charge in [-0.25, -0.2) is 0 Å². The number of aromatic amines is 1. The number of aromatic nitrogens is 2. The van der Waals surface area contributed by atoms with Gasteiger partial charge >= 0.3 is 0 Å². The Morgan fingerprint density at radius 2 is 1.96 bits per heavy atom. The molecule has 27 heavy (non-hydrogen) atoms. The minimum atomic E-state index is -0.532. The first-order valence-corrected chi connectivity index (χ1v) is 9.66. The molecule has 1 atom stereocenters. The van der Waals surface area contributed by atoms with Crippen molar-refractivity contribution in [3.63, 3.8) is 0 Å². The van der Waals surface area contributed by atoms with Crippen LogP contribution in [0.25, 0.3) is 10.6 Å². The van der Waals surface area contributed by atoms with Crippen LogP contribution in [0.2, 0.25) is 0 Å². The molecular weight excluding hydrogens is 360 g/mol. The molecule has 1 saturated heterocycles. The number of hydrogen-bond donors (Lipinski definition) is 1. The molecule has 4 rings (SSSR count). The zero-order valence-electron chi connectivity index (χ0n) is 15.2. The van der Waals surface area contributed by atoms with Crippen molar-refractivity contribution in [2.75, 3.05) is 18.0 Å². The first-order chi connectivity index (χ1) is 13.0. The third kappa shape index (κ3) is 3.26. The van der Waals surface area contributed by atoms with E-state index in [1.807, 2.05) is 49.4 Å². The molecule has 1 N–H and O–H groups in total. The number of nitrogens with one attached hydrogen (secondary N) is 1. The van der Waals surface area contributed by atoms with Crippen LogP contribution >= 0.6 is 11.3 Å². The maximum absolute atomic E-state index is 12.9. The number of rotatable bonds is 3. The summed E-state index contributed by atoms with van der Waals surface area (Å²) in [4.78, 5) is 31.3. The molecule has 0 aliphatic carbocycles. The average molecular weight is 380 g/mol. The van der Waals surface area contributed by atoms with Crippen LogP contribution in [0.1, 0.15) is 22.3 Å². The minimum absolute atomic E-state index is 0.0783. The molecular formula is C20H20N4O2S. The molecule has 2 amide bonds. The van der Waals surface area contributed by atoms with Gasteiger partial charge in [0.05, 0.1) is 10.6 Å². The number of piperazine rings is 1. The monoisotopic (exact) mass is 380 g/mol. The highest BCUT2D eigenvalue weighted by Gasteiger charge is 2.36. The Kier molecular flexibility index (Phi) is 4.53. The number of carbonyl (C=O) groups is 2. The smallest absolute Gasteiger partial charge is 0.275 e. The predicted molar refractivity (Wildman–Crippen MR) is 106 cm³/mol. The Labute approximate surface area is 161 Å². The zero-order valence-corrected chi connectivity index (χ0v) is 16.0. The van der Waals surface area contributed by atoms with Gasteiger partial charge in [0.2, 0.25) is 5.91 Å². The molecule has 1 aliphatic heterocycles. The van der Waals surface area contributed by atoms with E-state index in [1.54, 1.807) is 34.1 Å². The number of benzene rings is 1. The summed E-state index contributed by atoms with van der Waals surface area (Å²) >= 11 is 1.64. The maximum Gasteiger partial charge on any atom is 0.275 e. The largest absolute Gasteiger partial charge is 0.324 e. The highest BCUT2D eigenvalue weighted by Crippen LogP contribution is 2.27. The summed E-state index contributed by atoms with van der Waals surface area (Å²) in [5.74, 6) is -0.301. The fourth-order valence-electron chi connectivity index (χ4n) is 3.30. The van der Waals surface area contributed by atoms with E-state index < -0.39 is 6.04 Å². The number of anilines is 1. The predicted octanol–water partition coefficient (Wildman–Crippen LogP) is 3.32. The highest BCUT2D eigenvalue weighted by atomic mass is 32.1. The number of aryl methyl sites for hydroxylation is 1. The number of nitrogens with zero attached hydrogens (tertiary/aromatic N) is 3. The summed E-state index contributed by atoms with van der Waals surface area (Å²) in [7, 11) is 0. The van der Waals surface area contributed by atoms with Crippen LogP contribution in [-0.2, 0) is 4.79 Å². The van der Waals surface area contributed by atoms with Crippen molar-refractivity contribution in [2.45, 2.75) is 19.9 Å². The van der Waals surface area contributed by atoms with E-state index >= 15 is 0 Å². The zero-order chi connectivity index (χ0) is 19.0. The van der Waals surface area contributed by atoms with Gasteiger partial charge in [0, 0.05) is 23.7 Å². The Bertz CT molecular complexity index is 979. The van der Waals surface area contributed by atoms with Crippen LogP contribution in [0.3, 0.4) is 0 Å². The molecule has 3 heterocycles. The van der Waals surface area contributed by atoms with Crippen molar-refractivity contribution in [1.82, 2.24) is 15.1 Å². The molecule has 1 aliphatic rings. The van der Waals surface area contributed by atoms with Gasteiger partial charge in [0.1, 0.15) is 6.04 Å². The first-order valence-electron chi connectivity index (χ1n) is 8.84. The summed E-state index contributed by atoms with van der Waals surface area (Å²) in [5.41, 5.74) is 2.01. The number of H-pyrrole nitrogens is 1. The van der Waals surface area contributed by atoms with E-state index in [0.29, 0.717) is 18.8 Å². The lowest BCUT2D eigenvalue weighted by Gasteiger charge is -2.38. The molecule has 0 radical (unpaired) electrons. The van der Waals surface area contributed by atoms with E-state index in [1.165, 1.54) is 4.88 Å². The average Bonchev–Trinajstić information content (AvgIpc) is 3.33. The maximum atomic E-state index is 12.9. The second-order valence-electron chi connectivity index (χ2n) is 6.58. The second-order valence-corrected chi connectivity index (χ2v) is 7.87. The van der Waals surface area contributed by atoms with E-state index in [0.717, 1.165) is 16.3 Å².